The van der Waals surface area contributed by atoms with E-state index in [9.17, 15) is 19.2 Å². The Morgan fingerprint density at radius 2 is 0.946 bits per heavy atom. The molecule has 37 heavy (non-hydrogen) atoms. The zero-order valence-corrected chi connectivity index (χ0v) is 23.3. The van der Waals surface area contributed by atoms with Crippen molar-refractivity contribution in [3.05, 3.63) is 0 Å². The second-order valence-corrected chi connectivity index (χ2v) is 13.0. The second kappa shape index (κ2) is 9.98. The highest BCUT2D eigenvalue weighted by Crippen LogP contribution is 2.60. The Hall–Kier alpha value is -2.52. The number of piperidine rings is 2. The molecule has 2 aliphatic heterocycles. The standard InChI is InChI=1S/2C13H21NO4.CH4/c2*1-12(2,3)18-11(16)14-8(10(15)17-5)6-13(4)7-9(13)14;/h2*8-9H,6-7H2,1-5H3;1H4/t8-,9+,13-;8-,9-,13+;/m00./s1. The van der Waals surface area contributed by atoms with Crippen molar-refractivity contribution in [3.8, 4) is 0 Å². The van der Waals surface area contributed by atoms with Gasteiger partial charge in [-0.25, -0.2) is 19.2 Å². The average Bonchev–Trinajstić information content (AvgIpc) is 3.51. The highest BCUT2D eigenvalue weighted by molar-refractivity contribution is 5.84. The summed E-state index contributed by atoms with van der Waals surface area (Å²) in [6, 6.07) is -0.741. The van der Waals surface area contributed by atoms with Crippen molar-refractivity contribution in [3.63, 3.8) is 0 Å². The van der Waals surface area contributed by atoms with Crippen molar-refractivity contribution >= 4 is 24.1 Å². The Kier molecular flexibility index (Phi) is 8.28. The number of ether oxygens (including phenoxy) is 4. The first kappa shape index (κ1) is 30.7. The van der Waals surface area contributed by atoms with Crippen LogP contribution < -0.4 is 0 Å². The Bertz CT molecular complexity index is 848. The van der Waals surface area contributed by atoms with Crippen LogP contribution >= 0.6 is 0 Å². The lowest BCUT2D eigenvalue weighted by atomic mass is 10.0. The molecular weight excluding hydrogens is 480 g/mol. The molecule has 10 nitrogen and oxygen atoms in total. The smallest absolute Gasteiger partial charge is 0.411 e. The van der Waals surface area contributed by atoms with Gasteiger partial charge in [-0.15, -0.1) is 0 Å². The summed E-state index contributed by atoms with van der Waals surface area (Å²) in [6.07, 6.45) is 2.40. The highest BCUT2D eigenvalue weighted by atomic mass is 16.6. The van der Waals surface area contributed by atoms with Gasteiger partial charge in [0.15, 0.2) is 0 Å². The van der Waals surface area contributed by atoms with Gasteiger partial charge in [0.25, 0.3) is 0 Å². The molecule has 4 aliphatic rings. The quantitative estimate of drug-likeness (QED) is 0.381. The lowest BCUT2D eigenvalue weighted by Crippen LogP contribution is -2.46. The molecule has 2 heterocycles. The molecule has 4 fully saturated rings. The first-order valence-corrected chi connectivity index (χ1v) is 12.5. The van der Waals surface area contributed by atoms with E-state index in [0.29, 0.717) is 12.8 Å². The summed E-state index contributed by atoms with van der Waals surface area (Å²) < 4.78 is 20.3. The number of likely N-dealkylation sites (tertiary alicyclic amines) is 2. The van der Waals surface area contributed by atoms with E-state index in [2.05, 4.69) is 13.8 Å². The molecule has 0 N–H and O–H groups in total. The van der Waals surface area contributed by atoms with Crippen LogP contribution in [-0.4, -0.2) is 83.5 Å². The molecule has 6 atom stereocenters. The summed E-state index contributed by atoms with van der Waals surface area (Å²) in [5, 5.41) is 0. The Balaban J connectivity index is 0.000000253. The number of esters is 2. The predicted octanol–water partition coefficient (Wildman–Crippen LogP) is 4.53. The number of nitrogens with zero attached hydrogens (tertiary/aromatic N) is 2. The van der Waals surface area contributed by atoms with Crippen LogP contribution in [0.15, 0.2) is 0 Å². The number of fused-ring (bicyclic) bond motifs is 2. The maximum absolute atomic E-state index is 12.2. The minimum absolute atomic E-state index is 0. The van der Waals surface area contributed by atoms with Crippen LogP contribution in [0.4, 0.5) is 9.59 Å². The van der Waals surface area contributed by atoms with Crippen molar-refractivity contribution in [2.75, 3.05) is 14.2 Å². The Labute approximate surface area is 221 Å². The van der Waals surface area contributed by atoms with Crippen LogP contribution in [0.3, 0.4) is 0 Å². The van der Waals surface area contributed by atoms with Gasteiger partial charge in [-0.3, -0.25) is 9.80 Å². The van der Waals surface area contributed by atoms with Crippen LogP contribution in [0.25, 0.3) is 0 Å². The lowest BCUT2D eigenvalue weighted by molar-refractivity contribution is -0.147. The monoisotopic (exact) mass is 526 g/mol. The molecule has 212 valence electrons. The molecule has 10 heteroatoms. The lowest BCUT2D eigenvalue weighted by Gasteiger charge is -2.29. The SMILES string of the molecule is C.COC(=O)[C@@H]1C[C@@]2(C)C[C@H]2N1C(=O)OC(C)(C)C.COC(=O)[C@@H]1C[C@]2(C)C[C@@H]2N1C(=O)OC(C)(C)C. The third kappa shape index (κ3) is 6.49. The van der Waals surface area contributed by atoms with Crippen LogP contribution in [0.2, 0.25) is 0 Å². The molecular formula is C27H46N2O8. The van der Waals surface area contributed by atoms with Crippen molar-refractivity contribution in [2.45, 2.75) is 124 Å². The van der Waals surface area contributed by atoms with E-state index >= 15 is 0 Å². The van der Waals surface area contributed by atoms with Gasteiger partial charge in [-0.1, -0.05) is 21.3 Å². The fourth-order valence-electron chi connectivity index (χ4n) is 5.39. The molecule has 0 spiro atoms. The number of carbonyl (C=O) groups is 4. The molecule has 2 amide bonds. The number of hydrogen-bond donors (Lipinski definition) is 0. The van der Waals surface area contributed by atoms with Gasteiger partial charge in [0, 0.05) is 12.1 Å². The fourth-order valence-corrected chi connectivity index (χ4v) is 5.39. The summed E-state index contributed by atoms with van der Waals surface area (Å²) >= 11 is 0. The maximum atomic E-state index is 12.2. The Morgan fingerprint density at radius 1 is 0.649 bits per heavy atom. The van der Waals surface area contributed by atoms with E-state index in [1.54, 1.807) is 9.80 Å². The Morgan fingerprint density at radius 3 is 1.19 bits per heavy atom. The molecule has 0 bridgehead atoms. The number of methoxy groups -OCH3 is 2. The molecule has 2 aliphatic carbocycles. The largest absolute Gasteiger partial charge is 0.467 e. The van der Waals surface area contributed by atoms with Crippen molar-refractivity contribution in [1.82, 2.24) is 9.80 Å². The van der Waals surface area contributed by atoms with Crippen molar-refractivity contribution < 1.29 is 38.1 Å². The molecule has 0 aromatic carbocycles. The zero-order valence-electron chi connectivity index (χ0n) is 23.3. The molecule has 2 saturated carbocycles. The molecule has 0 unspecified atom stereocenters. The predicted molar refractivity (Wildman–Crippen MR) is 137 cm³/mol. The fraction of sp³-hybridized carbons (Fsp3) is 0.852. The van der Waals surface area contributed by atoms with Gasteiger partial charge in [-0.2, -0.15) is 0 Å². The minimum Gasteiger partial charge on any atom is -0.467 e. The second-order valence-electron chi connectivity index (χ2n) is 13.0. The number of amides is 2. The van der Waals surface area contributed by atoms with Crippen LogP contribution in [0, 0.1) is 10.8 Å². The topological polar surface area (TPSA) is 112 Å². The van der Waals surface area contributed by atoms with Crippen molar-refractivity contribution in [2.24, 2.45) is 10.8 Å². The van der Waals surface area contributed by atoms with E-state index in [0.717, 1.165) is 12.8 Å². The van der Waals surface area contributed by atoms with Gasteiger partial charge >= 0.3 is 24.1 Å². The first-order valence-electron chi connectivity index (χ1n) is 12.5. The number of hydrogen-bond acceptors (Lipinski definition) is 8. The van der Waals surface area contributed by atoms with Crippen LogP contribution in [-0.2, 0) is 28.5 Å². The van der Waals surface area contributed by atoms with E-state index in [1.807, 2.05) is 41.5 Å². The zero-order chi connectivity index (χ0) is 27.4. The van der Waals surface area contributed by atoms with Gasteiger partial charge in [0.2, 0.25) is 0 Å². The summed E-state index contributed by atoms with van der Waals surface area (Å²) in [5.74, 6) is -0.705. The molecule has 2 saturated heterocycles. The minimum atomic E-state index is -0.550. The summed E-state index contributed by atoms with van der Waals surface area (Å²) in [4.78, 5) is 50.9. The van der Waals surface area contributed by atoms with E-state index < -0.39 is 35.5 Å². The van der Waals surface area contributed by atoms with E-state index in [4.69, 9.17) is 18.9 Å². The average molecular weight is 527 g/mol. The van der Waals surface area contributed by atoms with E-state index in [1.165, 1.54) is 14.2 Å². The maximum Gasteiger partial charge on any atom is 0.411 e. The molecule has 4 rings (SSSR count). The van der Waals surface area contributed by atoms with Gasteiger partial charge in [0.1, 0.15) is 23.3 Å². The summed E-state index contributed by atoms with van der Waals surface area (Å²) in [5.41, 5.74) is -0.969. The van der Waals surface area contributed by atoms with Gasteiger partial charge < -0.3 is 18.9 Å². The molecule has 0 aromatic heterocycles. The number of rotatable bonds is 2. The highest BCUT2D eigenvalue weighted by Gasteiger charge is 2.66. The first-order chi connectivity index (χ1) is 16.4. The van der Waals surface area contributed by atoms with Gasteiger partial charge in [-0.05, 0) is 78.1 Å². The number of carbonyl (C=O) groups excluding carboxylic acids is 4. The summed E-state index contributed by atoms with van der Waals surface area (Å²) in [6.45, 7) is 15.1. The third-order valence-electron chi connectivity index (χ3n) is 7.43. The third-order valence-corrected chi connectivity index (χ3v) is 7.43. The van der Waals surface area contributed by atoms with Gasteiger partial charge in [0.05, 0.1) is 14.2 Å². The summed E-state index contributed by atoms with van der Waals surface area (Å²) in [7, 11) is 2.70. The van der Waals surface area contributed by atoms with Crippen LogP contribution in [0.1, 0.15) is 88.5 Å². The van der Waals surface area contributed by atoms with Crippen molar-refractivity contribution in [1.29, 1.82) is 0 Å². The molecule has 0 aromatic rings. The van der Waals surface area contributed by atoms with Crippen LogP contribution in [0.5, 0.6) is 0 Å². The molecule has 0 radical (unpaired) electrons. The van der Waals surface area contributed by atoms with E-state index in [-0.39, 0.29) is 42.3 Å². The normalized spacial score (nSPS) is 33.0.